The molecule has 0 radical (unpaired) electrons. The Labute approximate surface area is 129 Å². The molecule has 0 aromatic heterocycles. The average molecular weight is 282 g/mol. The second-order valence-corrected chi connectivity index (χ2v) is 5.88. The van der Waals surface area contributed by atoms with E-state index in [1.54, 1.807) is 0 Å². The van der Waals surface area contributed by atoms with Gasteiger partial charge in [-0.05, 0) is 67.6 Å². The predicted octanol–water partition coefficient (Wildman–Crippen LogP) is 6.22. The van der Waals surface area contributed by atoms with Crippen LogP contribution in [-0.4, -0.2) is 0 Å². The first-order valence-electron chi connectivity index (χ1n) is 8.02. The van der Waals surface area contributed by atoms with Crippen molar-refractivity contribution in [1.29, 1.82) is 0 Å². The Morgan fingerprint density at radius 1 is 0.762 bits per heavy atom. The zero-order valence-electron chi connectivity index (χ0n) is 13.5. The SMILES string of the molecule is CCCCCCc1ccc(Oc2cc(C)cc(C)c2)cc1. The quantitative estimate of drug-likeness (QED) is 0.548. The summed E-state index contributed by atoms with van der Waals surface area (Å²) in [4.78, 5) is 0. The van der Waals surface area contributed by atoms with Gasteiger partial charge >= 0.3 is 0 Å². The number of rotatable bonds is 7. The molecule has 1 heteroatoms. The molecular formula is C20H26O. The van der Waals surface area contributed by atoms with E-state index >= 15 is 0 Å². The maximum atomic E-state index is 5.94. The van der Waals surface area contributed by atoms with Gasteiger partial charge in [-0.1, -0.05) is 44.4 Å². The Morgan fingerprint density at radius 2 is 1.43 bits per heavy atom. The highest BCUT2D eigenvalue weighted by Crippen LogP contribution is 2.24. The molecule has 0 saturated carbocycles. The maximum Gasteiger partial charge on any atom is 0.127 e. The van der Waals surface area contributed by atoms with Crippen molar-refractivity contribution < 1.29 is 4.74 Å². The van der Waals surface area contributed by atoms with Crippen molar-refractivity contribution in [2.45, 2.75) is 52.9 Å². The molecule has 0 aliphatic heterocycles. The van der Waals surface area contributed by atoms with Crippen LogP contribution in [0, 0.1) is 13.8 Å². The van der Waals surface area contributed by atoms with Crippen molar-refractivity contribution in [3.8, 4) is 11.5 Å². The minimum Gasteiger partial charge on any atom is -0.457 e. The van der Waals surface area contributed by atoms with E-state index in [1.165, 1.54) is 48.8 Å². The molecule has 1 nitrogen and oxygen atoms in total. The molecule has 0 aliphatic carbocycles. The van der Waals surface area contributed by atoms with E-state index in [4.69, 9.17) is 4.74 Å². The van der Waals surface area contributed by atoms with Gasteiger partial charge in [0, 0.05) is 0 Å². The van der Waals surface area contributed by atoms with Crippen molar-refractivity contribution >= 4 is 0 Å². The summed E-state index contributed by atoms with van der Waals surface area (Å²) in [5, 5.41) is 0. The number of hydrogen-bond donors (Lipinski definition) is 0. The topological polar surface area (TPSA) is 9.23 Å². The van der Waals surface area contributed by atoms with Crippen molar-refractivity contribution in [3.63, 3.8) is 0 Å². The van der Waals surface area contributed by atoms with Gasteiger partial charge in [0.25, 0.3) is 0 Å². The van der Waals surface area contributed by atoms with E-state index in [0.29, 0.717) is 0 Å². The third-order valence-corrected chi connectivity index (χ3v) is 3.67. The van der Waals surface area contributed by atoms with Crippen LogP contribution in [0.2, 0.25) is 0 Å². The summed E-state index contributed by atoms with van der Waals surface area (Å²) in [5.74, 6) is 1.83. The minimum absolute atomic E-state index is 0.914. The third kappa shape index (κ3) is 5.26. The normalized spacial score (nSPS) is 10.6. The predicted molar refractivity (Wildman–Crippen MR) is 90.3 cm³/mol. The Hall–Kier alpha value is -1.76. The second kappa shape index (κ2) is 7.87. The Bertz CT molecular complexity index is 534. The van der Waals surface area contributed by atoms with Crippen LogP contribution in [0.3, 0.4) is 0 Å². The number of benzene rings is 2. The fourth-order valence-electron chi connectivity index (χ4n) is 2.61. The molecule has 0 unspecified atom stereocenters. The van der Waals surface area contributed by atoms with Crippen LogP contribution >= 0.6 is 0 Å². The van der Waals surface area contributed by atoms with E-state index in [0.717, 1.165) is 11.5 Å². The number of hydrogen-bond acceptors (Lipinski definition) is 1. The van der Waals surface area contributed by atoms with E-state index in [2.05, 4.69) is 63.2 Å². The van der Waals surface area contributed by atoms with E-state index in [-0.39, 0.29) is 0 Å². The molecule has 2 aromatic carbocycles. The fourth-order valence-corrected chi connectivity index (χ4v) is 2.61. The van der Waals surface area contributed by atoms with Gasteiger partial charge in [-0.3, -0.25) is 0 Å². The van der Waals surface area contributed by atoms with Gasteiger partial charge in [0.15, 0.2) is 0 Å². The highest BCUT2D eigenvalue weighted by atomic mass is 16.5. The average Bonchev–Trinajstić information content (AvgIpc) is 2.44. The van der Waals surface area contributed by atoms with Gasteiger partial charge in [0.1, 0.15) is 11.5 Å². The molecule has 0 bridgehead atoms. The van der Waals surface area contributed by atoms with Crippen molar-refractivity contribution in [3.05, 3.63) is 59.2 Å². The van der Waals surface area contributed by atoms with Crippen molar-refractivity contribution in [1.82, 2.24) is 0 Å². The largest absolute Gasteiger partial charge is 0.457 e. The van der Waals surface area contributed by atoms with Crippen LogP contribution in [-0.2, 0) is 6.42 Å². The second-order valence-electron chi connectivity index (χ2n) is 5.88. The summed E-state index contributed by atoms with van der Waals surface area (Å²) < 4.78 is 5.94. The Balaban J connectivity index is 1.92. The molecule has 0 saturated heterocycles. The highest BCUT2D eigenvalue weighted by molar-refractivity contribution is 5.37. The summed E-state index contributed by atoms with van der Waals surface area (Å²) in [6, 6.07) is 14.8. The van der Waals surface area contributed by atoms with Crippen LogP contribution in [0.25, 0.3) is 0 Å². The van der Waals surface area contributed by atoms with Gasteiger partial charge in [-0.25, -0.2) is 0 Å². The monoisotopic (exact) mass is 282 g/mol. The van der Waals surface area contributed by atoms with Crippen LogP contribution in [0.5, 0.6) is 11.5 Å². The molecule has 2 rings (SSSR count). The molecule has 0 N–H and O–H groups in total. The smallest absolute Gasteiger partial charge is 0.127 e. The highest BCUT2D eigenvalue weighted by Gasteiger charge is 2.00. The lowest BCUT2D eigenvalue weighted by Gasteiger charge is -2.09. The van der Waals surface area contributed by atoms with E-state index in [9.17, 15) is 0 Å². The summed E-state index contributed by atoms with van der Waals surface area (Å²) in [6.07, 6.45) is 6.42. The minimum atomic E-state index is 0.914. The number of aryl methyl sites for hydroxylation is 3. The summed E-state index contributed by atoms with van der Waals surface area (Å²) >= 11 is 0. The molecule has 0 fully saturated rings. The molecule has 0 amide bonds. The van der Waals surface area contributed by atoms with Crippen LogP contribution in [0.15, 0.2) is 42.5 Å². The summed E-state index contributed by atoms with van der Waals surface area (Å²) in [6.45, 7) is 6.44. The summed E-state index contributed by atoms with van der Waals surface area (Å²) in [5.41, 5.74) is 3.87. The first kappa shape index (κ1) is 15.6. The van der Waals surface area contributed by atoms with Gasteiger partial charge in [-0.15, -0.1) is 0 Å². The first-order valence-corrected chi connectivity index (χ1v) is 8.02. The number of unbranched alkanes of at least 4 members (excludes halogenated alkanes) is 3. The Morgan fingerprint density at radius 3 is 2.05 bits per heavy atom. The van der Waals surface area contributed by atoms with Crippen molar-refractivity contribution in [2.75, 3.05) is 0 Å². The number of ether oxygens (including phenoxy) is 1. The fraction of sp³-hybridized carbons (Fsp3) is 0.400. The lowest BCUT2D eigenvalue weighted by Crippen LogP contribution is -1.89. The van der Waals surface area contributed by atoms with E-state index in [1.807, 2.05) is 0 Å². The van der Waals surface area contributed by atoms with Crippen molar-refractivity contribution in [2.24, 2.45) is 0 Å². The lowest BCUT2D eigenvalue weighted by molar-refractivity contribution is 0.481. The molecule has 0 spiro atoms. The zero-order chi connectivity index (χ0) is 15.1. The Kier molecular flexibility index (Phi) is 5.86. The summed E-state index contributed by atoms with van der Waals surface area (Å²) in [7, 11) is 0. The van der Waals surface area contributed by atoms with Gasteiger partial charge in [0.05, 0.1) is 0 Å². The van der Waals surface area contributed by atoms with Crippen LogP contribution < -0.4 is 4.74 Å². The zero-order valence-corrected chi connectivity index (χ0v) is 13.5. The van der Waals surface area contributed by atoms with Gasteiger partial charge < -0.3 is 4.74 Å². The molecule has 2 aromatic rings. The maximum absolute atomic E-state index is 5.94. The lowest BCUT2D eigenvalue weighted by atomic mass is 10.1. The molecule has 112 valence electrons. The van der Waals surface area contributed by atoms with Crippen LogP contribution in [0.1, 0.15) is 49.3 Å². The standard InChI is InChI=1S/C20H26O/c1-4-5-6-7-8-18-9-11-19(12-10-18)21-20-14-16(2)13-17(3)15-20/h9-15H,4-8H2,1-3H3. The molecule has 21 heavy (non-hydrogen) atoms. The van der Waals surface area contributed by atoms with Gasteiger partial charge in [0.2, 0.25) is 0 Å². The third-order valence-electron chi connectivity index (χ3n) is 3.67. The van der Waals surface area contributed by atoms with Crippen LogP contribution in [0.4, 0.5) is 0 Å². The molecule has 0 heterocycles. The molecule has 0 aliphatic rings. The molecular weight excluding hydrogens is 256 g/mol. The first-order chi connectivity index (χ1) is 10.2. The molecule has 0 atom stereocenters. The van der Waals surface area contributed by atoms with E-state index < -0.39 is 0 Å². The van der Waals surface area contributed by atoms with Gasteiger partial charge in [-0.2, -0.15) is 0 Å².